The molecule has 1 aliphatic carbocycles. The molecule has 0 aromatic carbocycles. The Bertz CT molecular complexity index is 313. The van der Waals surface area contributed by atoms with Gasteiger partial charge < -0.3 is 10.4 Å². The van der Waals surface area contributed by atoms with Crippen LogP contribution in [0.15, 0.2) is 18.3 Å². The number of pyridine rings is 1. The molecular formula is C10H13ClN2O. The Labute approximate surface area is 88.1 Å². The molecule has 3 nitrogen and oxygen atoms in total. The molecule has 76 valence electrons. The van der Waals surface area contributed by atoms with Crippen LogP contribution >= 0.6 is 11.6 Å². The number of aliphatic hydroxyl groups excluding tert-OH is 1. The molecule has 1 aliphatic rings. The third kappa shape index (κ3) is 2.16. The summed E-state index contributed by atoms with van der Waals surface area (Å²) in [5, 5.41) is 12.9. The van der Waals surface area contributed by atoms with Gasteiger partial charge in [0.15, 0.2) is 0 Å². The molecule has 0 radical (unpaired) electrons. The van der Waals surface area contributed by atoms with Gasteiger partial charge in [0, 0.05) is 12.7 Å². The van der Waals surface area contributed by atoms with Gasteiger partial charge in [0.2, 0.25) is 0 Å². The average molecular weight is 213 g/mol. The van der Waals surface area contributed by atoms with E-state index in [1.165, 1.54) is 0 Å². The summed E-state index contributed by atoms with van der Waals surface area (Å²) in [5.41, 5.74) is 0. The third-order valence-electron chi connectivity index (χ3n) is 2.53. The van der Waals surface area contributed by atoms with Gasteiger partial charge in [0.1, 0.15) is 5.82 Å². The van der Waals surface area contributed by atoms with Crippen molar-refractivity contribution in [1.82, 2.24) is 4.98 Å². The molecule has 0 unspecified atom stereocenters. The number of halogens is 1. The second-order valence-electron chi connectivity index (χ2n) is 3.71. The average Bonchev–Trinajstić information content (AvgIpc) is 2.13. The SMILES string of the molecule is OC1CC(CNc2ncccc2Cl)C1. The molecule has 0 spiro atoms. The Balaban J connectivity index is 1.83. The van der Waals surface area contributed by atoms with Gasteiger partial charge in [-0.3, -0.25) is 0 Å². The fraction of sp³-hybridized carbons (Fsp3) is 0.500. The van der Waals surface area contributed by atoms with E-state index in [1.807, 2.05) is 6.07 Å². The van der Waals surface area contributed by atoms with Crippen LogP contribution in [-0.2, 0) is 0 Å². The van der Waals surface area contributed by atoms with Crippen molar-refractivity contribution in [2.45, 2.75) is 18.9 Å². The van der Waals surface area contributed by atoms with Crippen molar-refractivity contribution >= 4 is 17.4 Å². The fourth-order valence-electron chi connectivity index (χ4n) is 1.62. The highest BCUT2D eigenvalue weighted by Crippen LogP contribution is 2.27. The number of rotatable bonds is 3. The van der Waals surface area contributed by atoms with Crippen LogP contribution in [0.1, 0.15) is 12.8 Å². The second-order valence-corrected chi connectivity index (χ2v) is 4.11. The van der Waals surface area contributed by atoms with Gasteiger partial charge in [-0.25, -0.2) is 4.98 Å². The molecule has 1 fully saturated rings. The van der Waals surface area contributed by atoms with Gasteiger partial charge in [0.25, 0.3) is 0 Å². The number of hydrogen-bond donors (Lipinski definition) is 2. The summed E-state index contributed by atoms with van der Waals surface area (Å²) in [7, 11) is 0. The molecule has 1 aromatic heterocycles. The molecule has 4 heteroatoms. The van der Waals surface area contributed by atoms with Crippen LogP contribution in [0.3, 0.4) is 0 Å². The molecular weight excluding hydrogens is 200 g/mol. The molecule has 1 aromatic rings. The lowest BCUT2D eigenvalue weighted by Gasteiger charge is -2.31. The van der Waals surface area contributed by atoms with Crippen LogP contribution in [0.25, 0.3) is 0 Å². The molecule has 0 amide bonds. The summed E-state index contributed by atoms with van der Waals surface area (Å²) in [4.78, 5) is 4.12. The van der Waals surface area contributed by atoms with E-state index < -0.39 is 0 Å². The lowest BCUT2D eigenvalue weighted by molar-refractivity contribution is 0.0486. The standard InChI is InChI=1S/C10H13ClN2O/c11-9-2-1-3-12-10(9)13-6-7-4-8(14)5-7/h1-3,7-8,14H,4-6H2,(H,12,13). The maximum Gasteiger partial charge on any atom is 0.144 e. The Hall–Kier alpha value is -0.800. The topological polar surface area (TPSA) is 45.1 Å². The lowest BCUT2D eigenvalue weighted by atomic mass is 9.82. The quantitative estimate of drug-likeness (QED) is 0.805. The number of hydrogen-bond acceptors (Lipinski definition) is 3. The maximum atomic E-state index is 9.10. The molecule has 0 bridgehead atoms. The molecule has 0 atom stereocenters. The van der Waals surface area contributed by atoms with E-state index in [2.05, 4.69) is 10.3 Å². The van der Waals surface area contributed by atoms with Crippen LogP contribution in [0.5, 0.6) is 0 Å². The van der Waals surface area contributed by atoms with E-state index in [1.54, 1.807) is 12.3 Å². The van der Waals surface area contributed by atoms with Gasteiger partial charge in [-0.05, 0) is 30.9 Å². The van der Waals surface area contributed by atoms with Crippen LogP contribution in [-0.4, -0.2) is 22.7 Å². The number of anilines is 1. The first-order chi connectivity index (χ1) is 6.75. The van der Waals surface area contributed by atoms with E-state index in [4.69, 9.17) is 16.7 Å². The molecule has 1 heterocycles. The Morgan fingerprint density at radius 1 is 1.57 bits per heavy atom. The molecule has 1 saturated carbocycles. The summed E-state index contributed by atoms with van der Waals surface area (Å²) in [6, 6.07) is 3.62. The van der Waals surface area contributed by atoms with Crippen molar-refractivity contribution in [3.05, 3.63) is 23.4 Å². The van der Waals surface area contributed by atoms with Crippen molar-refractivity contribution in [2.24, 2.45) is 5.92 Å². The summed E-state index contributed by atoms with van der Waals surface area (Å²) >= 11 is 5.92. The highest BCUT2D eigenvalue weighted by atomic mass is 35.5. The zero-order chi connectivity index (χ0) is 9.97. The molecule has 0 aliphatic heterocycles. The van der Waals surface area contributed by atoms with Crippen molar-refractivity contribution in [3.8, 4) is 0 Å². The third-order valence-corrected chi connectivity index (χ3v) is 2.83. The maximum absolute atomic E-state index is 9.10. The smallest absolute Gasteiger partial charge is 0.144 e. The molecule has 0 saturated heterocycles. The van der Waals surface area contributed by atoms with Gasteiger partial charge in [-0.1, -0.05) is 11.6 Å². The largest absolute Gasteiger partial charge is 0.393 e. The van der Waals surface area contributed by atoms with Gasteiger partial charge in [-0.2, -0.15) is 0 Å². The molecule has 2 N–H and O–H groups in total. The molecule has 2 rings (SSSR count). The minimum absolute atomic E-state index is 0.0963. The fourth-order valence-corrected chi connectivity index (χ4v) is 1.81. The van der Waals surface area contributed by atoms with E-state index in [0.717, 1.165) is 25.2 Å². The number of nitrogens with zero attached hydrogens (tertiary/aromatic N) is 1. The summed E-state index contributed by atoms with van der Waals surface area (Å²) in [5.74, 6) is 1.29. The summed E-state index contributed by atoms with van der Waals surface area (Å²) in [6.45, 7) is 0.841. The van der Waals surface area contributed by atoms with E-state index >= 15 is 0 Å². The zero-order valence-corrected chi connectivity index (χ0v) is 8.54. The normalized spacial score (nSPS) is 25.6. The van der Waals surface area contributed by atoms with Crippen molar-refractivity contribution in [1.29, 1.82) is 0 Å². The predicted octanol–water partition coefficient (Wildman–Crippen LogP) is 1.92. The lowest BCUT2D eigenvalue weighted by Crippen LogP contribution is -2.33. The predicted molar refractivity (Wildman–Crippen MR) is 56.5 cm³/mol. The Morgan fingerprint density at radius 2 is 2.36 bits per heavy atom. The first kappa shape index (κ1) is 9.74. The van der Waals surface area contributed by atoms with E-state index in [-0.39, 0.29) is 6.10 Å². The highest BCUT2D eigenvalue weighted by molar-refractivity contribution is 6.32. The van der Waals surface area contributed by atoms with Crippen LogP contribution < -0.4 is 5.32 Å². The van der Waals surface area contributed by atoms with Crippen molar-refractivity contribution < 1.29 is 5.11 Å². The van der Waals surface area contributed by atoms with E-state index in [0.29, 0.717) is 10.9 Å². The summed E-state index contributed by atoms with van der Waals surface area (Å²) in [6.07, 6.45) is 3.39. The second kappa shape index (κ2) is 4.15. The number of aliphatic hydroxyl groups is 1. The van der Waals surface area contributed by atoms with Crippen molar-refractivity contribution in [3.63, 3.8) is 0 Å². The van der Waals surface area contributed by atoms with Crippen LogP contribution in [0.4, 0.5) is 5.82 Å². The molecule has 14 heavy (non-hydrogen) atoms. The van der Waals surface area contributed by atoms with Crippen molar-refractivity contribution in [2.75, 3.05) is 11.9 Å². The number of aromatic nitrogens is 1. The monoisotopic (exact) mass is 212 g/mol. The van der Waals surface area contributed by atoms with Gasteiger partial charge >= 0.3 is 0 Å². The minimum atomic E-state index is -0.0963. The first-order valence-corrected chi connectivity index (χ1v) is 5.16. The van der Waals surface area contributed by atoms with E-state index in [9.17, 15) is 0 Å². The highest BCUT2D eigenvalue weighted by Gasteiger charge is 2.26. The Morgan fingerprint density at radius 3 is 3.00 bits per heavy atom. The number of nitrogens with one attached hydrogen (secondary N) is 1. The minimum Gasteiger partial charge on any atom is -0.393 e. The summed E-state index contributed by atoms with van der Waals surface area (Å²) < 4.78 is 0. The Kier molecular flexibility index (Phi) is 2.89. The van der Waals surface area contributed by atoms with Gasteiger partial charge in [0.05, 0.1) is 11.1 Å². The zero-order valence-electron chi connectivity index (χ0n) is 7.78. The van der Waals surface area contributed by atoms with Crippen LogP contribution in [0, 0.1) is 5.92 Å². The first-order valence-electron chi connectivity index (χ1n) is 4.78. The van der Waals surface area contributed by atoms with Gasteiger partial charge in [-0.15, -0.1) is 0 Å². The van der Waals surface area contributed by atoms with Crippen LogP contribution in [0.2, 0.25) is 5.02 Å².